The van der Waals surface area contributed by atoms with Crippen molar-refractivity contribution in [1.29, 1.82) is 0 Å². The minimum atomic E-state index is 0.0112. The third kappa shape index (κ3) is 5.12. The smallest absolute Gasteiger partial charge is 0.229 e. The summed E-state index contributed by atoms with van der Waals surface area (Å²) in [6, 6.07) is 2.21. The second-order valence-electron chi connectivity index (χ2n) is 16.3. The molecule has 8 nitrogen and oxygen atoms in total. The van der Waals surface area contributed by atoms with Crippen LogP contribution >= 0.6 is 0 Å². The fraction of sp³-hybridized carbons (Fsp3) is 0.737. The van der Waals surface area contributed by atoms with Crippen molar-refractivity contribution < 1.29 is 9.59 Å². The van der Waals surface area contributed by atoms with Crippen molar-refractivity contribution >= 4 is 29.2 Å². The summed E-state index contributed by atoms with van der Waals surface area (Å²) in [5.41, 5.74) is 1.62. The molecule has 0 bridgehead atoms. The predicted octanol–water partition coefficient (Wildman–Crippen LogP) is 5.54. The van der Waals surface area contributed by atoms with E-state index in [2.05, 4.69) is 58.6 Å². The number of fused-ring (bicyclic) bond motifs is 5. The minimum absolute atomic E-state index is 0.0112. The molecule has 1 aromatic heterocycles. The van der Waals surface area contributed by atoms with Crippen molar-refractivity contribution in [2.24, 2.45) is 40.4 Å². The van der Waals surface area contributed by atoms with E-state index in [0.29, 0.717) is 48.2 Å². The van der Waals surface area contributed by atoms with Gasteiger partial charge >= 0.3 is 0 Å². The lowest BCUT2D eigenvalue weighted by molar-refractivity contribution is -0.129. The van der Waals surface area contributed by atoms with Gasteiger partial charge in [0.1, 0.15) is 11.6 Å². The van der Waals surface area contributed by atoms with Crippen molar-refractivity contribution in [2.75, 3.05) is 73.6 Å². The highest BCUT2D eigenvalue weighted by Gasteiger charge is 2.60. The molecule has 2 saturated carbocycles. The first kappa shape index (κ1) is 30.6. The van der Waals surface area contributed by atoms with Crippen LogP contribution < -0.4 is 14.7 Å². The second kappa shape index (κ2) is 11.7. The number of hydrogen-bond donors (Lipinski definition) is 0. The predicted molar refractivity (Wildman–Crippen MR) is 183 cm³/mol. The third-order valence-electron chi connectivity index (χ3n) is 13.7. The summed E-state index contributed by atoms with van der Waals surface area (Å²) in [5.74, 6) is 5.86. The Labute approximate surface area is 275 Å². The van der Waals surface area contributed by atoms with Crippen molar-refractivity contribution in [3.8, 4) is 0 Å². The zero-order valence-electron chi connectivity index (χ0n) is 28.4. The van der Waals surface area contributed by atoms with Crippen LogP contribution in [0.15, 0.2) is 29.9 Å². The maximum Gasteiger partial charge on any atom is 0.229 e. The molecule has 0 spiro atoms. The van der Waals surface area contributed by atoms with Crippen molar-refractivity contribution in [3.05, 3.63) is 29.9 Å². The summed E-state index contributed by atoms with van der Waals surface area (Å²) in [4.78, 5) is 46.2. The van der Waals surface area contributed by atoms with Crippen LogP contribution in [0.3, 0.4) is 0 Å². The SMILES string of the molecule is C[C@@H]1C[C@H]2[C@@H]3CCC4CC(=O)C=C[C@]4(C)C3=CC[C@]2(C)[C@H]1C(=O)CN1CCN(c2cc(N3CCCC3)nc(N3CCCC3)n2)CC1. The van der Waals surface area contributed by atoms with E-state index in [4.69, 9.17) is 9.97 Å². The topological polar surface area (TPSA) is 72.9 Å². The fourth-order valence-electron chi connectivity index (χ4n) is 11.2. The van der Waals surface area contributed by atoms with E-state index < -0.39 is 0 Å². The number of aromatic nitrogens is 2. The van der Waals surface area contributed by atoms with Gasteiger partial charge in [-0.15, -0.1) is 0 Å². The Balaban J connectivity index is 0.945. The lowest BCUT2D eigenvalue weighted by Gasteiger charge is -2.54. The van der Waals surface area contributed by atoms with Gasteiger partial charge in [-0.1, -0.05) is 38.5 Å². The van der Waals surface area contributed by atoms with E-state index in [1.165, 1.54) is 32.1 Å². The van der Waals surface area contributed by atoms with Gasteiger partial charge in [-0.3, -0.25) is 14.5 Å². The average molecular weight is 627 g/mol. The summed E-state index contributed by atoms with van der Waals surface area (Å²) in [7, 11) is 0. The van der Waals surface area contributed by atoms with Gasteiger partial charge in [0.25, 0.3) is 0 Å². The standard InChI is InChI=1S/C38H54N6O2/c1-26-22-31-29-9-8-27-23-28(45)10-12-37(27,2)30(29)11-13-38(31,3)35(26)32(46)25-41-18-20-43(21-19-41)34-24-33(42-14-4-5-15-42)39-36(40-34)44-16-6-7-17-44/h10-12,24,26-27,29,31,35H,4-9,13-23,25H2,1-3H3/t26-,27?,29-,31+,35-,37+,38+/m1/s1. The zero-order valence-corrected chi connectivity index (χ0v) is 28.4. The lowest BCUT2D eigenvalue weighted by atomic mass is 9.50. The van der Waals surface area contributed by atoms with E-state index in [0.717, 1.165) is 89.2 Å². The maximum atomic E-state index is 14.2. The molecule has 3 saturated heterocycles. The van der Waals surface area contributed by atoms with Crippen LogP contribution in [0.1, 0.15) is 78.6 Å². The van der Waals surface area contributed by atoms with Crippen molar-refractivity contribution in [3.63, 3.8) is 0 Å². The summed E-state index contributed by atoms with van der Waals surface area (Å²) < 4.78 is 0. The molecule has 0 N–H and O–H groups in total. The Bertz CT molecular complexity index is 1390. The van der Waals surface area contributed by atoms with Crippen LogP contribution in [-0.2, 0) is 9.59 Å². The zero-order chi connectivity index (χ0) is 31.6. The Morgan fingerprint density at radius 2 is 1.54 bits per heavy atom. The number of hydrogen-bond acceptors (Lipinski definition) is 8. The number of piperazine rings is 1. The van der Waals surface area contributed by atoms with Gasteiger partial charge in [-0.05, 0) is 86.5 Å². The number of allylic oxidation sites excluding steroid dienone is 4. The lowest BCUT2D eigenvalue weighted by Crippen LogP contribution is -2.51. The van der Waals surface area contributed by atoms with Crippen LogP contribution in [0.4, 0.5) is 17.6 Å². The number of ketones is 2. The van der Waals surface area contributed by atoms with E-state index in [1.54, 1.807) is 5.57 Å². The average Bonchev–Trinajstić information content (AvgIpc) is 3.83. The first-order valence-corrected chi connectivity index (χ1v) is 18.5. The molecule has 7 atom stereocenters. The quantitative estimate of drug-likeness (QED) is 0.382. The molecule has 8 heteroatoms. The molecule has 1 unspecified atom stereocenters. The van der Waals surface area contributed by atoms with Crippen LogP contribution in [0.2, 0.25) is 0 Å². The second-order valence-corrected chi connectivity index (χ2v) is 16.3. The molecule has 248 valence electrons. The summed E-state index contributed by atoms with van der Waals surface area (Å²) in [6.45, 7) is 15.6. The molecule has 8 rings (SSSR count). The van der Waals surface area contributed by atoms with Gasteiger partial charge in [0, 0.05) is 76.2 Å². The van der Waals surface area contributed by atoms with Crippen LogP contribution in [0.25, 0.3) is 0 Å². The molecule has 5 fully saturated rings. The molecular weight excluding hydrogens is 572 g/mol. The molecule has 1 aromatic rings. The monoisotopic (exact) mass is 626 g/mol. The normalized spacial score (nSPS) is 37.7. The van der Waals surface area contributed by atoms with Gasteiger partial charge in [-0.25, -0.2) is 0 Å². The molecule has 0 aromatic carbocycles. The highest BCUT2D eigenvalue weighted by atomic mass is 16.1. The number of anilines is 3. The summed E-state index contributed by atoms with van der Waals surface area (Å²) in [6.07, 6.45) is 16.7. The minimum Gasteiger partial charge on any atom is -0.356 e. The molecule has 0 radical (unpaired) electrons. The largest absolute Gasteiger partial charge is 0.356 e. The molecule has 4 heterocycles. The van der Waals surface area contributed by atoms with E-state index in [-0.39, 0.29) is 16.7 Å². The Morgan fingerprint density at radius 1 is 0.891 bits per heavy atom. The number of rotatable bonds is 6. The highest BCUT2D eigenvalue weighted by molar-refractivity contribution is 5.91. The van der Waals surface area contributed by atoms with E-state index in [1.807, 2.05) is 6.08 Å². The first-order valence-electron chi connectivity index (χ1n) is 18.5. The maximum absolute atomic E-state index is 14.2. The molecule has 46 heavy (non-hydrogen) atoms. The van der Waals surface area contributed by atoms with Crippen molar-refractivity contribution in [2.45, 2.75) is 78.6 Å². The van der Waals surface area contributed by atoms with Gasteiger partial charge in [0.05, 0.1) is 6.54 Å². The molecule has 7 aliphatic rings. The summed E-state index contributed by atoms with van der Waals surface area (Å²) in [5, 5.41) is 0. The Kier molecular flexibility index (Phi) is 7.81. The number of Topliss-reactive ketones (excluding diaryl/α,β-unsaturated/α-hetero) is 1. The Morgan fingerprint density at radius 3 is 2.24 bits per heavy atom. The van der Waals surface area contributed by atoms with Crippen molar-refractivity contribution in [1.82, 2.24) is 14.9 Å². The molecule has 0 amide bonds. The summed E-state index contributed by atoms with van der Waals surface area (Å²) >= 11 is 0. The van der Waals surface area contributed by atoms with E-state index >= 15 is 0 Å². The number of nitrogens with zero attached hydrogens (tertiary/aromatic N) is 6. The molecular formula is C38H54N6O2. The van der Waals surface area contributed by atoms with Gasteiger partial charge < -0.3 is 14.7 Å². The number of carbonyl (C=O) groups is 2. The third-order valence-corrected chi connectivity index (χ3v) is 13.7. The van der Waals surface area contributed by atoms with Gasteiger partial charge in [0.2, 0.25) is 5.95 Å². The number of carbonyl (C=O) groups excluding carboxylic acids is 2. The van der Waals surface area contributed by atoms with Crippen LogP contribution in [-0.4, -0.2) is 85.3 Å². The fourth-order valence-corrected chi connectivity index (χ4v) is 11.2. The molecule has 4 aliphatic carbocycles. The Hall–Kier alpha value is -2.74. The van der Waals surface area contributed by atoms with Gasteiger partial charge in [-0.2, -0.15) is 9.97 Å². The van der Waals surface area contributed by atoms with Crippen LogP contribution in [0, 0.1) is 40.4 Å². The highest BCUT2D eigenvalue weighted by Crippen LogP contribution is 2.65. The van der Waals surface area contributed by atoms with Crippen LogP contribution in [0.5, 0.6) is 0 Å². The van der Waals surface area contributed by atoms with E-state index in [9.17, 15) is 9.59 Å². The molecule has 3 aliphatic heterocycles. The first-order chi connectivity index (χ1) is 22.2. The van der Waals surface area contributed by atoms with Gasteiger partial charge in [0.15, 0.2) is 11.6 Å².